The van der Waals surface area contributed by atoms with Crippen LogP contribution in [0.1, 0.15) is 25.0 Å². The average molecular weight is 342 g/mol. The van der Waals surface area contributed by atoms with Crippen molar-refractivity contribution in [2.45, 2.75) is 19.3 Å². The van der Waals surface area contributed by atoms with Crippen molar-refractivity contribution < 1.29 is 14.1 Å². The quantitative estimate of drug-likeness (QED) is 0.492. The molecule has 2 aromatic rings. The molecule has 1 amide bonds. The maximum atomic E-state index is 13.9. The van der Waals surface area contributed by atoms with Gasteiger partial charge in [-0.05, 0) is 23.8 Å². The molecular formula is C19H19FN2O3. The number of nitrogens with one attached hydrogen (secondary N) is 1. The van der Waals surface area contributed by atoms with Gasteiger partial charge in [0, 0.05) is 24.1 Å². The molecule has 0 atom stereocenters. The van der Waals surface area contributed by atoms with E-state index >= 15 is 0 Å². The van der Waals surface area contributed by atoms with E-state index in [1.54, 1.807) is 36.4 Å². The molecule has 2 aromatic carbocycles. The smallest absolute Gasteiger partial charge is 0.276 e. The molecule has 0 aliphatic heterocycles. The SMILES string of the molecule is CC(C)(CNC(=O)/C=C/c1ccccc1[N+](=O)[O-])c1ccccc1F. The van der Waals surface area contributed by atoms with Crippen LogP contribution in [0.25, 0.3) is 6.08 Å². The molecule has 130 valence electrons. The van der Waals surface area contributed by atoms with Gasteiger partial charge in [0.05, 0.1) is 10.5 Å². The number of para-hydroxylation sites is 1. The summed E-state index contributed by atoms with van der Waals surface area (Å²) in [6.45, 7) is 3.89. The number of benzene rings is 2. The zero-order chi connectivity index (χ0) is 18.4. The Bertz CT molecular complexity index is 816. The van der Waals surface area contributed by atoms with Gasteiger partial charge in [0.15, 0.2) is 0 Å². The van der Waals surface area contributed by atoms with Gasteiger partial charge in [-0.3, -0.25) is 14.9 Å². The number of carbonyl (C=O) groups excluding carboxylic acids is 1. The first-order chi connectivity index (χ1) is 11.8. The molecule has 6 heteroatoms. The van der Waals surface area contributed by atoms with Crippen LogP contribution in [0.5, 0.6) is 0 Å². The van der Waals surface area contributed by atoms with Gasteiger partial charge < -0.3 is 5.32 Å². The van der Waals surface area contributed by atoms with E-state index < -0.39 is 16.2 Å². The molecule has 5 nitrogen and oxygen atoms in total. The fourth-order valence-electron chi connectivity index (χ4n) is 2.43. The van der Waals surface area contributed by atoms with Gasteiger partial charge in [-0.2, -0.15) is 0 Å². The van der Waals surface area contributed by atoms with Crippen LogP contribution >= 0.6 is 0 Å². The number of nitro benzene ring substituents is 1. The van der Waals surface area contributed by atoms with E-state index in [0.29, 0.717) is 11.1 Å². The van der Waals surface area contributed by atoms with Crippen molar-refractivity contribution in [2.24, 2.45) is 0 Å². The highest BCUT2D eigenvalue weighted by atomic mass is 19.1. The maximum absolute atomic E-state index is 13.9. The topological polar surface area (TPSA) is 72.2 Å². The summed E-state index contributed by atoms with van der Waals surface area (Å²) in [4.78, 5) is 22.4. The van der Waals surface area contributed by atoms with Crippen molar-refractivity contribution in [3.8, 4) is 0 Å². The molecule has 0 aliphatic rings. The van der Waals surface area contributed by atoms with E-state index in [0.717, 1.165) is 0 Å². The molecule has 0 aromatic heterocycles. The van der Waals surface area contributed by atoms with Gasteiger partial charge in [-0.15, -0.1) is 0 Å². The summed E-state index contributed by atoms with van der Waals surface area (Å²) >= 11 is 0. The van der Waals surface area contributed by atoms with Crippen molar-refractivity contribution in [3.05, 3.63) is 81.7 Å². The van der Waals surface area contributed by atoms with Gasteiger partial charge in [-0.25, -0.2) is 4.39 Å². The molecule has 0 radical (unpaired) electrons. The van der Waals surface area contributed by atoms with Gasteiger partial charge in [-0.1, -0.05) is 44.2 Å². The molecule has 0 saturated carbocycles. The molecule has 1 N–H and O–H groups in total. The Kier molecular flexibility index (Phi) is 5.64. The minimum Gasteiger partial charge on any atom is -0.352 e. The second-order valence-electron chi connectivity index (χ2n) is 6.23. The van der Waals surface area contributed by atoms with Crippen molar-refractivity contribution in [3.63, 3.8) is 0 Å². The van der Waals surface area contributed by atoms with Crippen LogP contribution in [0.4, 0.5) is 10.1 Å². The van der Waals surface area contributed by atoms with Crippen molar-refractivity contribution in [1.29, 1.82) is 0 Å². The lowest BCUT2D eigenvalue weighted by Crippen LogP contribution is -2.36. The third-order valence-electron chi connectivity index (χ3n) is 3.86. The summed E-state index contributed by atoms with van der Waals surface area (Å²) < 4.78 is 13.9. The number of carbonyl (C=O) groups is 1. The summed E-state index contributed by atoms with van der Waals surface area (Å²) in [6.07, 6.45) is 2.63. The first-order valence-corrected chi connectivity index (χ1v) is 7.75. The predicted octanol–water partition coefficient (Wildman–Crippen LogP) is 3.84. The Labute approximate surface area is 145 Å². The standard InChI is InChI=1S/C19H19FN2O3/c1-19(2,15-8-4-5-9-16(15)20)13-21-18(23)12-11-14-7-3-6-10-17(14)22(24)25/h3-12H,13H2,1-2H3,(H,21,23)/b12-11+. The second kappa shape index (κ2) is 7.70. The zero-order valence-electron chi connectivity index (χ0n) is 14.0. The minimum absolute atomic E-state index is 0.0711. The number of hydrogen-bond donors (Lipinski definition) is 1. The molecule has 0 spiro atoms. The van der Waals surface area contributed by atoms with Crippen molar-refractivity contribution >= 4 is 17.7 Å². The number of halogens is 1. The number of amides is 1. The summed E-state index contributed by atoms with van der Waals surface area (Å²) in [5.74, 6) is -0.722. The molecule has 0 fully saturated rings. The van der Waals surface area contributed by atoms with Gasteiger partial charge in [0.25, 0.3) is 5.69 Å². The number of rotatable bonds is 6. The average Bonchev–Trinajstić information content (AvgIpc) is 2.58. The third-order valence-corrected chi connectivity index (χ3v) is 3.86. The Morgan fingerprint density at radius 3 is 2.52 bits per heavy atom. The summed E-state index contributed by atoms with van der Waals surface area (Å²) in [5.41, 5.74) is 0.195. The van der Waals surface area contributed by atoms with Crippen LogP contribution in [-0.4, -0.2) is 17.4 Å². The lowest BCUT2D eigenvalue weighted by molar-refractivity contribution is -0.385. The Hall–Kier alpha value is -3.02. The van der Waals surface area contributed by atoms with Crippen LogP contribution in [0.3, 0.4) is 0 Å². The first kappa shape index (κ1) is 18.3. The fraction of sp³-hybridized carbons (Fsp3) is 0.211. The lowest BCUT2D eigenvalue weighted by Gasteiger charge is -2.25. The monoisotopic (exact) mass is 342 g/mol. The van der Waals surface area contributed by atoms with E-state index in [1.165, 1.54) is 24.3 Å². The molecule has 0 aliphatic carbocycles. The number of hydrogen-bond acceptors (Lipinski definition) is 3. The van der Waals surface area contributed by atoms with Gasteiger partial charge >= 0.3 is 0 Å². The number of nitro groups is 1. The van der Waals surface area contributed by atoms with Gasteiger partial charge in [0.1, 0.15) is 5.82 Å². The minimum atomic E-state index is -0.590. The highest BCUT2D eigenvalue weighted by molar-refractivity contribution is 5.92. The van der Waals surface area contributed by atoms with Crippen LogP contribution in [0.2, 0.25) is 0 Å². The third kappa shape index (κ3) is 4.73. The van der Waals surface area contributed by atoms with Crippen LogP contribution in [0, 0.1) is 15.9 Å². The molecule has 0 unspecified atom stereocenters. The van der Waals surface area contributed by atoms with E-state index in [1.807, 2.05) is 13.8 Å². The number of nitrogens with zero attached hydrogens (tertiary/aromatic N) is 1. The maximum Gasteiger partial charge on any atom is 0.276 e. The van der Waals surface area contributed by atoms with Gasteiger partial charge in [0.2, 0.25) is 5.91 Å². The molecule has 2 rings (SSSR count). The zero-order valence-corrected chi connectivity index (χ0v) is 14.0. The second-order valence-corrected chi connectivity index (χ2v) is 6.23. The molecule has 0 heterocycles. The summed E-state index contributed by atoms with van der Waals surface area (Å²) in [7, 11) is 0. The largest absolute Gasteiger partial charge is 0.352 e. The summed E-state index contributed by atoms with van der Waals surface area (Å²) in [6, 6.07) is 12.6. The normalized spacial score (nSPS) is 11.5. The molecule has 0 bridgehead atoms. The molecule has 0 saturated heterocycles. The summed E-state index contributed by atoms with van der Waals surface area (Å²) in [5, 5.41) is 13.7. The first-order valence-electron chi connectivity index (χ1n) is 7.75. The fourth-order valence-corrected chi connectivity index (χ4v) is 2.43. The van der Waals surface area contributed by atoms with Crippen molar-refractivity contribution in [1.82, 2.24) is 5.32 Å². The molecular weight excluding hydrogens is 323 g/mol. The Morgan fingerprint density at radius 2 is 1.84 bits per heavy atom. The Balaban J connectivity index is 2.04. The highest BCUT2D eigenvalue weighted by Crippen LogP contribution is 2.25. The van der Waals surface area contributed by atoms with Crippen LogP contribution in [-0.2, 0) is 10.2 Å². The predicted molar refractivity (Wildman–Crippen MR) is 94.6 cm³/mol. The van der Waals surface area contributed by atoms with Crippen molar-refractivity contribution in [2.75, 3.05) is 6.54 Å². The van der Waals surface area contributed by atoms with E-state index in [2.05, 4.69) is 5.32 Å². The van der Waals surface area contributed by atoms with Crippen LogP contribution < -0.4 is 5.32 Å². The molecule has 25 heavy (non-hydrogen) atoms. The van der Waals surface area contributed by atoms with E-state index in [4.69, 9.17) is 0 Å². The highest BCUT2D eigenvalue weighted by Gasteiger charge is 2.24. The van der Waals surface area contributed by atoms with E-state index in [-0.39, 0.29) is 18.0 Å². The van der Waals surface area contributed by atoms with Crippen LogP contribution in [0.15, 0.2) is 54.6 Å². The lowest BCUT2D eigenvalue weighted by atomic mass is 9.84. The van der Waals surface area contributed by atoms with E-state index in [9.17, 15) is 19.3 Å². The Morgan fingerprint density at radius 1 is 1.20 bits per heavy atom.